The zero-order chi connectivity index (χ0) is 18.4. The van der Waals surface area contributed by atoms with E-state index in [9.17, 15) is 14.4 Å². The molecule has 3 amide bonds. The van der Waals surface area contributed by atoms with Crippen LogP contribution in [-0.4, -0.2) is 66.3 Å². The smallest absolute Gasteiger partial charge is 0.241 e. The Morgan fingerprint density at radius 3 is 2.12 bits per heavy atom. The lowest BCUT2D eigenvalue weighted by molar-refractivity contribution is -0.140. The van der Waals surface area contributed by atoms with Crippen LogP contribution in [0.1, 0.15) is 40.5 Å². The van der Waals surface area contributed by atoms with Crippen molar-refractivity contribution in [3.05, 3.63) is 0 Å². The molecule has 8 heteroatoms. The maximum atomic E-state index is 12.3. The highest BCUT2D eigenvalue weighted by Crippen LogP contribution is 2.20. The molecule has 0 aromatic carbocycles. The summed E-state index contributed by atoms with van der Waals surface area (Å²) in [7, 11) is 1.82. The van der Waals surface area contributed by atoms with Crippen molar-refractivity contribution in [2.75, 3.05) is 26.7 Å². The molecule has 1 heterocycles. The molecule has 25 heavy (non-hydrogen) atoms. The Kier molecular flexibility index (Phi) is 10.0. The second-order valence-corrected chi connectivity index (χ2v) is 7.19. The molecule has 0 aromatic rings. The number of likely N-dealkylation sites (tertiary alicyclic amines) is 1. The monoisotopic (exact) mass is 376 g/mol. The Labute approximate surface area is 157 Å². The van der Waals surface area contributed by atoms with Crippen LogP contribution in [0.4, 0.5) is 0 Å². The number of nitrogens with zero attached hydrogens (tertiary/aromatic N) is 2. The number of hydrogen-bond acceptors (Lipinski definition) is 4. The third-order valence-electron chi connectivity index (χ3n) is 4.75. The molecule has 0 aromatic heterocycles. The second kappa shape index (κ2) is 10.6. The topological polar surface area (TPSA) is 95.7 Å². The van der Waals surface area contributed by atoms with Gasteiger partial charge in [0.25, 0.3) is 0 Å². The zero-order valence-corrected chi connectivity index (χ0v) is 16.8. The van der Waals surface area contributed by atoms with Crippen molar-refractivity contribution in [1.29, 1.82) is 0 Å². The van der Waals surface area contributed by atoms with Gasteiger partial charge in [-0.05, 0) is 32.6 Å². The minimum absolute atomic E-state index is 0. The van der Waals surface area contributed by atoms with Gasteiger partial charge in [-0.2, -0.15) is 0 Å². The van der Waals surface area contributed by atoms with Crippen molar-refractivity contribution in [2.24, 2.45) is 17.6 Å². The number of amides is 3. The Bertz CT molecular complexity index is 463. The molecule has 146 valence electrons. The molecule has 1 fully saturated rings. The lowest BCUT2D eigenvalue weighted by Gasteiger charge is -2.34. The molecule has 0 saturated carbocycles. The highest BCUT2D eigenvalue weighted by atomic mass is 35.5. The summed E-state index contributed by atoms with van der Waals surface area (Å²) in [4.78, 5) is 39.8. The maximum absolute atomic E-state index is 12.3. The number of nitrogens with one attached hydrogen (secondary N) is 1. The van der Waals surface area contributed by atoms with E-state index in [1.54, 1.807) is 9.80 Å². The summed E-state index contributed by atoms with van der Waals surface area (Å²) in [5.41, 5.74) is 5.75. The molecule has 1 rings (SSSR count). The van der Waals surface area contributed by atoms with Crippen LogP contribution in [0.2, 0.25) is 0 Å². The SMILES string of the molecule is CC(C)[C@H](N)C(=O)NCC(=O)N1CCC(C(=O)N(C)C(C)C)CC1.Cl. The van der Waals surface area contributed by atoms with Gasteiger partial charge < -0.3 is 20.9 Å². The standard InChI is InChI=1S/C17H32N4O3.ClH/c1-11(2)15(18)16(23)19-10-14(22)21-8-6-13(7-9-21)17(24)20(5)12(3)4;/h11-13,15H,6-10,18H2,1-5H3,(H,19,23);1H/t15-;/m0./s1. The summed E-state index contributed by atoms with van der Waals surface area (Å²) in [6.07, 6.45) is 1.34. The average Bonchev–Trinajstić information content (AvgIpc) is 2.57. The number of halogens is 1. The first kappa shape index (κ1) is 23.7. The van der Waals surface area contributed by atoms with Gasteiger partial charge in [-0.25, -0.2) is 0 Å². The fraction of sp³-hybridized carbons (Fsp3) is 0.824. The molecule has 7 nitrogen and oxygen atoms in total. The summed E-state index contributed by atoms with van der Waals surface area (Å²) in [6.45, 7) is 8.76. The molecule has 1 atom stereocenters. The summed E-state index contributed by atoms with van der Waals surface area (Å²) in [6, 6.07) is -0.426. The lowest BCUT2D eigenvalue weighted by Crippen LogP contribution is -2.50. The number of carbonyl (C=O) groups excluding carboxylic acids is 3. The van der Waals surface area contributed by atoms with E-state index in [1.165, 1.54) is 0 Å². The van der Waals surface area contributed by atoms with Crippen LogP contribution in [0.3, 0.4) is 0 Å². The Balaban J connectivity index is 0.00000576. The molecule has 1 aliphatic heterocycles. The lowest BCUT2D eigenvalue weighted by atomic mass is 9.95. The predicted molar refractivity (Wildman–Crippen MR) is 100 cm³/mol. The van der Waals surface area contributed by atoms with Crippen LogP contribution in [0.25, 0.3) is 0 Å². The van der Waals surface area contributed by atoms with Crippen LogP contribution >= 0.6 is 12.4 Å². The Hall–Kier alpha value is -1.34. The van der Waals surface area contributed by atoms with Gasteiger partial charge in [0.05, 0.1) is 12.6 Å². The minimum Gasteiger partial charge on any atom is -0.346 e. The highest BCUT2D eigenvalue weighted by molar-refractivity contribution is 5.87. The van der Waals surface area contributed by atoms with E-state index in [-0.39, 0.29) is 54.6 Å². The third-order valence-corrected chi connectivity index (χ3v) is 4.75. The van der Waals surface area contributed by atoms with E-state index in [1.807, 2.05) is 34.7 Å². The molecule has 0 bridgehead atoms. The normalized spacial score (nSPS) is 16.4. The molecule has 0 spiro atoms. The number of piperidine rings is 1. The van der Waals surface area contributed by atoms with E-state index in [0.717, 1.165) is 0 Å². The summed E-state index contributed by atoms with van der Waals surface area (Å²) >= 11 is 0. The zero-order valence-electron chi connectivity index (χ0n) is 15.9. The molecule has 0 aliphatic carbocycles. The highest BCUT2D eigenvalue weighted by Gasteiger charge is 2.30. The summed E-state index contributed by atoms with van der Waals surface area (Å²) < 4.78 is 0. The van der Waals surface area contributed by atoms with Gasteiger partial charge in [0, 0.05) is 32.1 Å². The van der Waals surface area contributed by atoms with Crippen LogP contribution in [0.5, 0.6) is 0 Å². The van der Waals surface area contributed by atoms with Crippen molar-refractivity contribution < 1.29 is 14.4 Å². The van der Waals surface area contributed by atoms with Gasteiger partial charge in [-0.3, -0.25) is 14.4 Å². The molecular formula is C17H33ClN4O3. The molecular weight excluding hydrogens is 344 g/mol. The Morgan fingerprint density at radius 1 is 1.16 bits per heavy atom. The molecule has 1 aliphatic rings. The number of hydrogen-bond donors (Lipinski definition) is 2. The summed E-state index contributed by atoms with van der Waals surface area (Å²) in [5, 5.41) is 2.60. The number of carbonyl (C=O) groups is 3. The van der Waals surface area contributed by atoms with Gasteiger partial charge in [-0.1, -0.05) is 13.8 Å². The fourth-order valence-corrected chi connectivity index (χ4v) is 2.61. The van der Waals surface area contributed by atoms with Crippen LogP contribution in [0.15, 0.2) is 0 Å². The molecule has 0 radical (unpaired) electrons. The first-order chi connectivity index (χ1) is 11.1. The Morgan fingerprint density at radius 2 is 1.68 bits per heavy atom. The average molecular weight is 377 g/mol. The van der Waals surface area contributed by atoms with E-state index < -0.39 is 6.04 Å². The van der Waals surface area contributed by atoms with Gasteiger partial charge in [0.2, 0.25) is 17.7 Å². The largest absolute Gasteiger partial charge is 0.346 e. The first-order valence-corrected chi connectivity index (χ1v) is 8.72. The summed E-state index contributed by atoms with van der Waals surface area (Å²) in [5.74, 6) is -0.275. The van der Waals surface area contributed by atoms with Gasteiger partial charge in [0.1, 0.15) is 0 Å². The van der Waals surface area contributed by atoms with Crippen molar-refractivity contribution in [3.63, 3.8) is 0 Å². The molecule has 0 unspecified atom stereocenters. The fourth-order valence-electron chi connectivity index (χ4n) is 2.61. The van der Waals surface area contributed by atoms with Gasteiger partial charge in [-0.15, -0.1) is 12.4 Å². The minimum atomic E-state index is -0.604. The molecule has 1 saturated heterocycles. The van der Waals surface area contributed by atoms with Crippen LogP contribution in [0, 0.1) is 11.8 Å². The van der Waals surface area contributed by atoms with Crippen LogP contribution < -0.4 is 11.1 Å². The maximum Gasteiger partial charge on any atom is 0.241 e. The van der Waals surface area contributed by atoms with Crippen molar-refractivity contribution in [1.82, 2.24) is 15.1 Å². The van der Waals surface area contributed by atoms with Gasteiger partial charge in [0.15, 0.2) is 0 Å². The second-order valence-electron chi connectivity index (χ2n) is 7.19. The van der Waals surface area contributed by atoms with Crippen LogP contribution in [-0.2, 0) is 14.4 Å². The van der Waals surface area contributed by atoms with E-state index >= 15 is 0 Å². The number of rotatable bonds is 6. The molecule has 3 N–H and O–H groups in total. The van der Waals surface area contributed by atoms with Crippen molar-refractivity contribution in [3.8, 4) is 0 Å². The quantitative estimate of drug-likeness (QED) is 0.710. The van der Waals surface area contributed by atoms with E-state index in [2.05, 4.69) is 5.32 Å². The third kappa shape index (κ3) is 6.82. The first-order valence-electron chi connectivity index (χ1n) is 8.72. The predicted octanol–water partition coefficient (Wildman–Crippen LogP) is 0.613. The van der Waals surface area contributed by atoms with E-state index in [4.69, 9.17) is 5.73 Å². The van der Waals surface area contributed by atoms with Gasteiger partial charge >= 0.3 is 0 Å². The van der Waals surface area contributed by atoms with E-state index in [0.29, 0.717) is 25.9 Å². The van der Waals surface area contributed by atoms with Crippen molar-refractivity contribution in [2.45, 2.75) is 52.6 Å². The number of nitrogens with two attached hydrogens (primary N) is 1. The van der Waals surface area contributed by atoms with Crippen molar-refractivity contribution >= 4 is 30.1 Å².